The molecule has 0 saturated carbocycles. The summed E-state index contributed by atoms with van der Waals surface area (Å²) < 4.78 is 16.9. The average Bonchev–Trinajstić information content (AvgIpc) is 3.04. The minimum Gasteiger partial charge on any atom is -0.493 e. The van der Waals surface area contributed by atoms with Crippen LogP contribution in [0, 0.1) is 6.92 Å². The van der Waals surface area contributed by atoms with E-state index in [1.165, 1.54) is 30.7 Å². The summed E-state index contributed by atoms with van der Waals surface area (Å²) >= 11 is 0. The Morgan fingerprint density at radius 3 is 2.33 bits per heavy atom. The molecule has 1 fully saturated rings. The Morgan fingerprint density at radius 2 is 1.65 bits per heavy atom. The molecule has 8 nitrogen and oxygen atoms in total. The van der Waals surface area contributed by atoms with Crippen LogP contribution in [-0.2, 0) is 27.2 Å². The second-order valence-electron chi connectivity index (χ2n) is 11.1. The first-order valence-electron chi connectivity index (χ1n) is 15.1. The topological polar surface area (TPSA) is 95.0 Å². The number of benzene rings is 2. The van der Waals surface area contributed by atoms with Crippen molar-refractivity contribution in [2.75, 3.05) is 20.8 Å². The van der Waals surface area contributed by atoms with Gasteiger partial charge in [-0.2, -0.15) is 0 Å². The van der Waals surface area contributed by atoms with Gasteiger partial charge in [-0.05, 0) is 99.6 Å². The number of carbonyl (C=O) groups is 3. The van der Waals surface area contributed by atoms with E-state index in [9.17, 15) is 14.4 Å². The van der Waals surface area contributed by atoms with Gasteiger partial charge in [0.1, 0.15) is 12.1 Å². The van der Waals surface area contributed by atoms with Gasteiger partial charge in [0.25, 0.3) is 11.7 Å². The van der Waals surface area contributed by atoms with Crippen molar-refractivity contribution in [3.63, 3.8) is 0 Å². The Kier molecular flexibility index (Phi) is 11.7. The highest BCUT2D eigenvalue weighted by molar-refractivity contribution is 6.43. The van der Waals surface area contributed by atoms with E-state index in [0.29, 0.717) is 36.4 Å². The summed E-state index contributed by atoms with van der Waals surface area (Å²) in [5.74, 6) is -0.939. The summed E-state index contributed by atoms with van der Waals surface area (Å²) in [5.41, 5.74) is 3.27. The third kappa shape index (κ3) is 8.66. The predicted octanol–water partition coefficient (Wildman–Crippen LogP) is 5.93. The fraction of sp³-hybridized carbons (Fsp3) is 0.429. The number of aryl methyl sites for hydroxylation is 3. The Morgan fingerprint density at radius 1 is 0.930 bits per heavy atom. The Hall–Kier alpha value is -4.20. The highest BCUT2D eigenvalue weighted by Crippen LogP contribution is 2.32. The molecule has 2 heterocycles. The van der Waals surface area contributed by atoms with Gasteiger partial charge in [0.05, 0.1) is 14.2 Å². The molecule has 0 radical (unpaired) electrons. The Balaban J connectivity index is 1.44. The Labute approximate surface area is 254 Å². The maximum absolute atomic E-state index is 13.6. The highest BCUT2D eigenvalue weighted by atomic mass is 16.5. The van der Waals surface area contributed by atoms with Crippen LogP contribution in [0.5, 0.6) is 11.5 Å². The van der Waals surface area contributed by atoms with Gasteiger partial charge in [-0.3, -0.25) is 14.6 Å². The van der Waals surface area contributed by atoms with E-state index >= 15 is 0 Å². The van der Waals surface area contributed by atoms with E-state index in [2.05, 4.69) is 17.1 Å². The van der Waals surface area contributed by atoms with Crippen molar-refractivity contribution in [2.24, 2.45) is 0 Å². The molecule has 3 aromatic rings. The maximum atomic E-state index is 13.6. The summed E-state index contributed by atoms with van der Waals surface area (Å²) in [6, 6.07) is 16.6. The normalized spacial score (nSPS) is 15.4. The van der Waals surface area contributed by atoms with Crippen LogP contribution in [0.15, 0.2) is 67.0 Å². The standard InChI is InChI=1S/C35H42N2O6/c1-25-22-28(23-31(41-2)33(25)42-3)32(38)34(39)37-21-8-7-19-30(37)35(40)43-29(17-9-14-26-12-5-4-6-13-26)18-10-15-27-16-11-20-36-24-27/h4-6,11-13,16,20,22-24,29-30H,7-10,14-15,17-19,21H2,1-3H3. The number of Topliss-reactive ketones (excluding diaryl/α,β-unsaturated/α-hetero) is 1. The Bertz CT molecular complexity index is 1320. The van der Waals surface area contributed by atoms with E-state index < -0.39 is 23.7 Å². The molecular formula is C35H42N2O6. The first-order valence-corrected chi connectivity index (χ1v) is 15.1. The molecule has 0 N–H and O–H groups in total. The van der Waals surface area contributed by atoms with Gasteiger partial charge in [0.15, 0.2) is 11.5 Å². The van der Waals surface area contributed by atoms with Crippen LogP contribution in [0.4, 0.5) is 0 Å². The molecule has 1 amide bonds. The zero-order valence-electron chi connectivity index (χ0n) is 25.4. The summed E-state index contributed by atoms with van der Waals surface area (Å²) in [4.78, 5) is 46.1. The van der Waals surface area contributed by atoms with Crippen LogP contribution in [-0.4, -0.2) is 60.5 Å². The molecule has 2 unspecified atom stereocenters. The molecule has 4 rings (SSSR count). The van der Waals surface area contributed by atoms with Crippen LogP contribution in [0.1, 0.15) is 72.0 Å². The summed E-state index contributed by atoms with van der Waals surface area (Å²) in [5, 5.41) is 0. The molecule has 1 aliphatic rings. The van der Waals surface area contributed by atoms with E-state index in [0.717, 1.165) is 50.5 Å². The molecule has 0 spiro atoms. The molecule has 0 aliphatic carbocycles. The van der Waals surface area contributed by atoms with Crippen molar-refractivity contribution in [3.8, 4) is 11.5 Å². The number of pyridine rings is 1. The molecular weight excluding hydrogens is 544 g/mol. The molecule has 1 saturated heterocycles. The van der Waals surface area contributed by atoms with E-state index in [1.54, 1.807) is 19.2 Å². The first-order chi connectivity index (χ1) is 20.9. The van der Waals surface area contributed by atoms with Gasteiger partial charge in [-0.15, -0.1) is 0 Å². The number of likely N-dealkylation sites (tertiary alicyclic amines) is 1. The van der Waals surface area contributed by atoms with Crippen LogP contribution in [0.25, 0.3) is 0 Å². The highest BCUT2D eigenvalue weighted by Gasteiger charge is 2.37. The van der Waals surface area contributed by atoms with Gasteiger partial charge < -0.3 is 19.1 Å². The number of piperidine rings is 1. The van der Waals surface area contributed by atoms with Crippen molar-refractivity contribution in [2.45, 2.75) is 76.9 Å². The van der Waals surface area contributed by atoms with Crippen LogP contribution >= 0.6 is 0 Å². The SMILES string of the molecule is COc1cc(C(=O)C(=O)N2CCCCC2C(=O)OC(CCCc2ccccc2)CCCc2cccnc2)cc(C)c1OC. The molecule has 2 aromatic carbocycles. The molecule has 2 atom stereocenters. The zero-order valence-corrected chi connectivity index (χ0v) is 25.4. The quantitative estimate of drug-likeness (QED) is 0.131. The maximum Gasteiger partial charge on any atom is 0.329 e. The van der Waals surface area contributed by atoms with Gasteiger partial charge in [-0.25, -0.2) is 4.79 Å². The lowest BCUT2D eigenvalue weighted by molar-refractivity contribution is -0.161. The largest absolute Gasteiger partial charge is 0.493 e. The lowest BCUT2D eigenvalue weighted by atomic mass is 9.98. The fourth-order valence-electron chi connectivity index (χ4n) is 5.72. The van der Waals surface area contributed by atoms with E-state index in [-0.39, 0.29) is 11.7 Å². The van der Waals surface area contributed by atoms with Gasteiger partial charge in [0, 0.05) is 24.5 Å². The van der Waals surface area contributed by atoms with Crippen molar-refractivity contribution in [1.29, 1.82) is 0 Å². The number of carbonyl (C=O) groups excluding carboxylic acids is 3. The van der Waals surface area contributed by atoms with Crippen molar-refractivity contribution >= 4 is 17.7 Å². The smallest absolute Gasteiger partial charge is 0.329 e. The number of methoxy groups -OCH3 is 2. The number of hydrogen-bond donors (Lipinski definition) is 0. The molecule has 1 aromatic heterocycles. The number of esters is 1. The number of nitrogens with zero attached hydrogens (tertiary/aromatic N) is 2. The molecule has 228 valence electrons. The number of ether oxygens (including phenoxy) is 3. The zero-order chi connectivity index (χ0) is 30.6. The summed E-state index contributed by atoms with van der Waals surface area (Å²) in [6.07, 6.45) is 10.2. The number of hydrogen-bond acceptors (Lipinski definition) is 7. The van der Waals surface area contributed by atoms with Gasteiger partial charge >= 0.3 is 5.97 Å². The first kappa shape index (κ1) is 31.7. The third-order valence-electron chi connectivity index (χ3n) is 7.99. The summed E-state index contributed by atoms with van der Waals surface area (Å²) in [7, 11) is 3.01. The van der Waals surface area contributed by atoms with Crippen LogP contribution in [0.2, 0.25) is 0 Å². The second kappa shape index (κ2) is 15.9. The van der Waals surface area contributed by atoms with Crippen molar-refractivity contribution in [1.82, 2.24) is 9.88 Å². The fourth-order valence-corrected chi connectivity index (χ4v) is 5.72. The molecule has 0 bridgehead atoms. The van der Waals surface area contributed by atoms with Crippen molar-refractivity contribution in [3.05, 3.63) is 89.2 Å². The number of rotatable bonds is 14. The van der Waals surface area contributed by atoms with E-state index in [1.807, 2.05) is 36.5 Å². The number of amides is 1. The monoisotopic (exact) mass is 586 g/mol. The molecule has 8 heteroatoms. The molecule has 43 heavy (non-hydrogen) atoms. The number of ketones is 1. The number of aromatic nitrogens is 1. The van der Waals surface area contributed by atoms with Crippen LogP contribution in [0.3, 0.4) is 0 Å². The minimum atomic E-state index is -0.790. The average molecular weight is 587 g/mol. The van der Waals surface area contributed by atoms with E-state index in [4.69, 9.17) is 14.2 Å². The lowest BCUT2D eigenvalue weighted by Crippen LogP contribution is -2.51. The lowest BCUT2D eigenvalue weighted by Gasteiger charge is -2.34. The van der Waals surface area contributed by atoms with Crippen molar-refractivity contribution < 1.29 is 28.6 Å². The third-order valence-corrected chi connectivity index (χ3v) is 7.99. The molecule has 1 aliphatic heterocycles. The second-order valence-corrected chi connectivity index (χ2v) is 11.1. The minimum absolute atomic E-state index is 0.201. The summed E-state index contributed by atoms with van der Waals surface area (Å²) in [6.45, 7) is 2.12. The van der Waals surface area contributed by atoms with Gasteiger partial charge in [-0.1, -0.05) is 36.4 Å². The van der Waals surface area contributed by atoms with Crippen LogP contribution < -0.4 is 9.47 Å². The predicted molar refractivity (Wildman–Crippen MR) is 164 cm³/mol. The van der Waals surface area contributed by atoms with Gasteiger partial charge in [0.2, 0.25) is 0 Å².